The van der Waals surface area contributed by atoms with Gasteiger partial charge in [0.05, 0.1) is 38.2 Å². The molecule has 5 aliphatic carbocycles. The summed E-state index contributed by atoms with van der Waals surface area (Å²) < 4.78 is 3.77. The Morgan fingerprint density at radius 3 is 1.74 bits per heavy atom. The van der Waals surface area contributed by atoms with E-state index in [4.69, 9.17) is 38.3 Å². The number of unbranched alkanes of at least 4 members (excludes halogenated alkanes) is 2. The van der Waals surface area contributed by atoms with Gasteiger partial charge in [0, 0.05) is 88.6 Å². The summed E-state index contributed by atoms with van der Waals surface area (Å²) in [6.07, 6.45) is 15.0. The van der Waals surface area contributed by atoms with Gasteiger partial charge < -0.3 is 30.0 Å². The second kappa shape index (κ2) is 17.1. The number of anilines is 2. The maximum Gasteiger partial charge on any atom is 0.309 e. The van der Waals surface area contributed by atoms with Crippen molar-refractivity contribution < 1.29 is 29.4 Å². The fourth-order valence-electron chi connectivity index (χ4n) is 13.4. The lowest BCUT2D eigenvalue weighted by atomic mass is 9.34. The zero-order valence-corrected chi connectivity index (χ0v) is 39.5. The molecule has 14 nitrogen and oxygen atoms in total. The molecule has 66 heavy (non-hydrogen) atoms. The van der Waals surface area contributed by atoms with Crippen molar-refractivity contribution in [2.45, 2.75) is 116 Å². The van der Waals surface area contributed by atoms with Gasteiger partial charge in [-0.3, -0.25) is 29.0 Å². The number of aliphatic carboxylic acids is 2. The van der Waals surface area contributed by atoms with Crippen molar-refractivity contribution in [3.05, 3.63) is 80.9 Å². The van der Waals surface area contributed by atoms with E-state index in [9.17, 15) is 24.3 Å². The third-order valence-electron chi connectivity index (χ3n) is 16.7. The summed E-state index contributed by atoms with van der Waals surface area (Å²) >= 11 is 14.1. The van der Waals surface area contributed by atoms with Gasteiger partial charge in [-0.1, -0.05) is 60.3 Å². The van der Waals surface area contributed by atoms with E-state index in [-0.39, 0.29) is 23.7 Å². The fraction of sp³-hybridized carbons (Fsp3) is 0.560. The van der Waals surface area contributed by atoms with E-state index < -0.39 is 17.4 Å². The minimum absolute atomic E-state index is 0.126. The molecule has 4 heterocycles. The smallest absolute Gasteiger partial charge is 0.309 e. The van der Waals surface area contributed by atoms with Crippen molar-refractivity contribution in [1.82, 2.24) is 28.9 Å². The number of benzene rings is 2. The topological polar surface area (TPSA) is 175 Å². The molecule has 4 aromatic rings. The van der Waals surface area contributed by atoms with Crippen molar-refractivity contribution >= 4 is 58.3 Å². The number of carboxylic acid groups (broad SMARTS) is 2. The van der Waals surface area contributed by atoms with E-state index >= 15 is 0 Å². The third kappa shape index (κ3) is 8.13. The van der Waals surface area contributed by atoms with Crippen LogP contribution in [0.15, 0.2) is 36.4 Å². The zero-order valence-electron chi connectivity index (χ0n) is 38.0. The van der Waals surface area contributed by atoms with Crippen LogP contribution < -0.4 is 10.6 Å². The van der Waals surface area contributed by atoms with Crippen LogP contribution in [-0.2, 0) is 49.6 Å². The molecule has 350 valence electrons. The first-order valence-electron chi connectivity index (χ1n) is 23.8. The van der Waals surface area contributed by atoms with Gasteiger partial charge in [-0.15, -0.1) is 0 Å². The van der Waals surface area contributed by atoms with Crippen molar-refractivity contribution in [3.8, 4) is 11.1 Å². The summed E-state index contributed by atoms with van der Waals surface area (Å²) in [6, 6.07) is 10.7. The number of hydrogen-bond acceptors (Lipinski definition) is 8. The summed E-state index contributed by atoms with van der Waals surface area (Å²) in [7, 11) is 3.76. The number of imidazole rings is 2. The number of aromatic nitrogens is 4. The molecule has 0 saturated heterocycles. The van der Waals surface area contributed by atoms with Crippen LogP contribution in [0.4, 0.5) is 11.4 Å². The monoisotopic (exact) mass is 938 g/mol. The molecule has 5 saturated carbocycles. The Bertz CT molecular complexity index is 2610. The number of nitrogens with zero attached hydrogens (tertiary/aromatic N) is 6. The molecule has 0 atom stereocenters. The summed E-state index contributed by atoms with van der Waals surface area (Å²) in [5, 5.41) is 25.4. The molecule has 2 aromatic heterocycles. The van der Waals surface area contributed by atoms with Gasteiger partial charge in [0.25, 0.3) is 11.8 Å². The lowest BCUT2D eigenvalue weighted by Crippen LogP contribution is -2.65. The minimum Gasteiger partial charge on any atom is -0.481 e. The van der Waals surface area contributed by atoms with Crippen molar-refractivity contribution in [2.75, 3.05) is 36.8 Å². The standard InChI is InChI=1S/C50H60Cl2N8O6/c1-57-37-13-21-59(23-20-47-16-18-50(29-47,19-17-47)46(65)66)24-35(37)53-42(57)44(63)55-33-10-6-8-31(40(33)51)32-9-7-11-34(41(32)52)56-45(64)43-54-36-25-60(22-14-38(36)58(43)2)30-49-26-48(27-49,28-49)15-5-3-4-12-39(61)62/h6-11H,3-5,12-30H2,1-2H3,(H,55,63)(H,56,64)(H,61,62)(H,65,66). The van der Waals surface area contributed by atoms with E-state index in [0.717, 1.165) is 120 Å². The van der Waals surface area contributed by atoms with Gasteiger partial charge in [0.1, 0.15) is 0 Å². The van der Waals surface area contributed by atoms with E-state index in [2.05, 4.69) is 20.4 Å². The summed E-state index contributed by atoms with van der Waals surface area (Å²) in [5.41, 5.74) is 6.41. The number of hydrogen-bond donors (Lipinski definition) is 4. The Labute approximate surface area is 395 Å². The lowest BCUT2D eigenvalue weighted by Gasteiger charge is -2.72. The first-order valence-corrected chi connectivity index (χ1v) is 24.5. The summed E-state index contributed by atoms with van der Waals surface area (Å²) in [6.45, 7) is 5.07. The number of fused-ring (bicyclic) bond motifs is 4. The van der Waals surface area contributed by atoms with Gasteiger partial charge in [-0.05, 0) is 106 Å². The highest BCUT2D eigenvalue weighted by molar-refractivity contribution is 6.40. The van der Waals surface area contributed by atoms with Crippen LogP contribution in [0.2, 0.25) is 10.0 Å². The van der Waals surface area contributed by atoms with Gasteiger partial charge >= 0.3 is 11.9 Å². The average molecular weight is 940 g/mol. The normalized spacial score (nSPS) is 26.3. The predicted molar refractivity (Wildman–Crippen MR) is 252 cm³/mol. The molecule has 4 N–H and O–H groups in total. The Hall–Kier alpha value is -4.76. The van der Waals surface area contributed by atoms with Crippen LogP contribution in [0.25, 0.3) is 11.1 Å². The molecular weight excluding hydrogens is 880 g/mol. The van der Waals surface area contributed by atoms with Crippen LogP contribution in [0, 0.1) is 21.7 Å². The third-order valence-corrected chi connectivity index (χ3v) is 17.5. The second-order valence-corrected chi connectivity index (χ2v) is 21.8. The van der Waals surface area contributed by atoms with E-state index in [1.165, 1.54) is 25.7 Å². The van der Waals surface area contributed by atoms with Crippen LogP contribution in [0.3, 0.4) is 0 Å². The van der Waals surface area contributed by atoms with Crippen molar-refractivity contribution in [3.63, 3.8) is 0 Å². The van der Waals surface area contributed by atoms with Crippen LogP contribution in [0.1, 0.15) is 134 Å². The minimum atomic E-state index is -0.708. The quantitative estimate of drug-likeness (QED) is 0.0749. The molecule has 2 amide bonds. The molecular formula is C50H60Cl2N8O6. The van der Waals surface area contributed by atoms with Crippen molar-refractivity contribution in [2.24, 2.45) is 35.8 Å². The average Bonchev–Trinajstić information content (AvgIpc) is 4.03. The molecule has 0 radical (unpaired) electrons. The molecule has 16 heteroatoms. The maximum absolute atomic E-state index is 13.9. The molecule has 2 aliphatic heterocycles. The molecule has 2 aromatic carbocycles. The molecule has 0 spiro atoms. The van der Waals surface area contributed by atoms with Crippen molar-refractivity contribution in [1.29, 1.82) is 0 Å². The van der Waals surface area contributed by atoms with Gasteiger partial charge in [0.2, 0.25) is 0 Å². The Balaban J connectivity index is 0.752. The molecule has 7 aliphatic rings. The number of rotatable bonds is 17. The van der Waals surface area contributed by atoms with Gasteiger partial charge in [-0.25, -0.2) is 9.97 Å². The fourth-order valence-corrected chi connectivity index (χ4v) is 13.9. The number of carbonyl (C=O) groups excluding carboxylic acids is 2. The summed E-state index contributed by atoms with van der Waals surface area (Å²) in [5.74, 6) is -1.45. The van der Waals surface area contributed by atoms with Crippen LogP contribution in [0.5, 0.6) is 0 Å². The van der Waals surface area contributed by atoms with E-state index in [1.807, 2.05) is 35.4 Å². The Kier molecular flexibility index (Phi) is 11.7. The van der Waals surface area contributed by atoms with Gasteiger partial charge in [-0.2, -0.15) is 0 Å². The largest absolute Gasteiger partial charge is 0.481 e. The molecule has 5 fully saturated rings. The maximum atomic E-state index is 13.9. The highest BCUT2D eigenvalue weighted by Crippen LogP contribution is 2.75. The number of amides is 2. The number of halogens is 2. The first-order chi connectivity index (χ1) is 31.6. The summed E-state index contributed by atoms with van der Waals surface area (Å²) in [4.78, 5) is 65.1. The second-order valence-electron chi connectivity index (χ2n) is 21.0. The number of carbonyl (C=O) groups is 4. The van der Waals surface area contributed by atoms with Crippen LogP contribution in [-0.4, -0.2) is 89.0 Å². The first kappa shape index (κ1) is 45.0. The highest BCUT2D eigenvalue weighted by atomic mass is 35.5. The van der Waals surface area contributed by atoms with E-state index in [1.54, 1.807) is 24.3 Å². The Morgan fingerprint density at radius 1 is 0.667 bits per heavy atom. The van der Waals surface area contributed by atoms with Crippen LogP contribution >= 0.6 is 23.2 Å². The number of carboxylic acids is 2. The molecule has 0 unspecified atom stereocenters. The molecule has 11 rings (SSSR count). The Morgan fingerprint density at radius 2 is 1.21 bits per heavy atom. The highest BCUT2D eigenvalue weighted by Gasteiger charge is 2.66. The zero-order chi connectivity index (χ0) is 46.2. The SMILES string of the molecule is Cn1c(C(=O)Nc2cccc(-c3cccc(NC(=O)c4nc5c(n4C)CCN(CC46CC(CCCCCC(=O)O)(C4)C6)C5)c3Cl)c2Cl)nc2c1CCN(CCC13CCC(C(=O)O)(CC1)C3)C2. The van der Waals surface area contributed by atoms with E-state index in [0.29, 0.717) is 68.1 Å². The predicted octanol–water partition coefficient (Wildman–Crippen LogP) is 8.98. The lowest BCUT2D eigenvalue weighted by molar-refractivity contribution is -0.218. The number of nitrogens with one attached hydrogen (secondary N) is 2. The molecule has 4 bridgehead atoms. The van der Waals surface area contributed by atoms with Gasteiger partial charge in [0.15, 0.2) is 11.6 Å².